The third kappa shape index (κ3) is 21.9. The van der Waals surface area contributed by atoms with Crippen molar-refractivity contribution in [3.8, 4) is 0 Å². The molecule has 0 spiro atoms. The quantitative estimate of drug-likeness (QED) is 0.0312. The number of hydrogen-bond acceptors (Lipinski definition) is 16. The molecule has 0 saturated heterocycles. The van der Waals surface area contributed by atoms with Crippen LogP contribution in [0.15, 0.2) is 59.4 Å². The van der Waals surface area contributed by atoms with Crippen molar-refractivity contribution < 1.29 is 154 Å². The number of hydrazone groups is 1. The zero-order chi connectivity index (χ0) is 42.1. The summed E-state index contributed by atoms with van der Waals surface area (Å²) < 4.78 is 129. The van der Waals surface area contributed by atoms with Crippen LogP contribution in [0.3, 0.4) is 0 Å². The number of nitrogens with zero attached hydrogens (tertiary/aromatic N) is 3. The second-order valence-corrected chi connectivity index (χ2v) is 18.1. The predicted molar refractivity (Wildman–Crippen MR) is 198 cm³/mol. The van der Waals surface area contributed by atoms with Crippen molar-refractivity contribution >= 4 is 64.2 Å². The van der Waals surface area contributed by atoms with Gasteiger partial charge in [-0.25, -0.2) is 29.8 Å². The third-order valence-electron chi connectivity index (χ3n) is 9.12. The fraction of sp³-hybridized carbons (Fsp3) is 0.559. The van der Waals surface area contributed by atoms with E-state index in [0.717, 1.165) is 42.8 Å². The monoisotopic (exact) mass is 917 g/mol. The summed E-state index contributed by atoms with van der Waals surface area (Å²) in [4.78, 5) is 16.2. The molecule has 0 N–H and O–H groups in total. The molecule has 2 unspecified atom stereocenters. The molecule has 0 aliphatic carbocycles. The van der Waals surface area contributed by atoms with Gasteiger partial charge >= 0.3 is 105 Å². The molecule has 24 heteroatoms. The van der Waals surface area contributed by atoms with Crippen molar-refractivity contribution in [3.63, 3.8) is 0 Å². The third-order valence-corrected chi connectivity index (χ3v) is 11.5. The Morgan fingerprint density at radius 2 is 1.33 bits per heavy atom. The second kappa shape index (κ2) is 28.8. The van der Waals surface area contributed by atoms with E-state index >= 15 is 0 Å². The van der Waals surface area contributed by atoms with Gasteiger partial charge in [-0.1, -0.05) is 44.1 Å². The minimum absolute atomic E-state index is 0. The van der Waals surface area contributed by atoms with Crippen LogP contribution in [0, 0.1) is 11.5 Å². The molecule has 58 heavy (non-hydrogen) atoms. The molecule has 308 valence electrons. The van der Waals surface area contributed by atoms with Gasteiger partial charge in [-0.05, 0) is 58.4 Å². The number of rotatable bonds is 19. The maximum Gasteiger partial charge on any atom is 1.00 e. The van der Waals surface area contributed by atoms with Gasteiger partial charge in [0.1, 0.15) is 12.2 Å². The summed E-state index contributed by atoms with van der Waals surface area (Å²) in [5.74, 6) is -1.53. The fourth-order valence-electron chi connectivity index (χ4n) is 6.48. The zero-order valence-electron chi connectivity index (χ0n) is 34.0. The van der Waals surface area contributed by atoms with Crippen molar-refractivity contribution in [3.05, 3.63) is 65.9 Å². The maximum absolute atomic E-state index is 11.4. The van der Waals surface area contributed by atoms with Gasteiger partial charge in [-0.2, -0.15) is 32.9 Å². The smallest absolute Gasteiger partial charge is 0.748 e. The van der Waals surface area contributed by atoms with Gasteiger partial charge in [0.2, 0.25) is 0 Å². The first-order valence-electron chi connectivity index (χ1n) is 17.1. The molecule has 2 atom stereocenters. The van der Waals surface area contributed by atoms with E-state index in [1.807, 2.05) is 49.4 Å². The largest absolute Gasteiger partial charge is 1.00 e. The van der Waals surface area contributed by atoms with Crippen molar-refractivity contribution in [1.29, 1.82) is 0 Å². The van der Waals surface area contributed by atoms with Crippen LogP contribution < -0.4 is 88.7 Å². The van der Waals surface area contributed by atoms with E-state index in [2.05, 4.69) is 29.6 Å². The average molecular weight is 918 g/mol. The van der Waals surface area contributed by atoms with Crippen LogP contribution in [0.4, 0.5) is 5.69 Å². The van der Waals surface area contributed by atoms with E-state index < -0.39 is 69.1 Å². The number of fused-ring (bicyclic) bond motifs is 1. The van der Waals surface area contributed by atoms with Crippen LogP contribution in [-0.4, -0.2) is 109 Å². The fourth-order valence-corrected chi connectivity index (χ4v) is 7.96. The van der Waals surface area contributed by atoms with Crippen LogP contribution in [0.5, 0.6) is 0 Å². The molecule has 0 aromatic heterocycles. The topological polar surface area (TPSA) is 276 Å². The van der Waals surface area contributed by atoms with Gasteiger partial charge in [0.05, 0.1) is 30.4 Å². The Morgan fingerprint density at radius 3 is 1.83 bits per heavy atom. The van der Waals surface area contributed by atoms with Crippen LogP contribution in [0.25, 0.3) is 0 Å². The molecule has 2 aliphatic heterocycles. The van der Waals surface area contributed by atoms with Gasteiger partial charge in [-0.3, -0.25) is 5.01 Å². The molecule has 0 radical (unpaired) electrons. The molecule has 2 heterocycles. The molecule has 17 nitrogen and oxygen atoms in total. The minimum atomic E-state index is -4.42. The Morgan fingerprint density at radius 1 is 0.828 bits per heavy atom. The molecule has 1 aromatic rings. The Hall–Kier alpha value is -0.690. The number of carbonyl (C=O) groups excluding carboxylic acids is 2. The predicted octanol–water partition coefficient (Wildman–Crippen LogP) is -6.26. The normalized spacial score (nSPS) is 19.5. The van der Waals surface area contributed by atoms with Crippen LogP contribution in [0.2, 0.25) is 0 Å². The Balaban J connectivity index is -0.00000280. The summed E-state index contributed by atoms with van der Waals surface area (Å²) in [6, 6.07) is 8.91. The molecular weight excluding hydrogens is 872 g/mol. The molecular formula is C34H46N3Na3O14S4. The maximum atomic E-state index is 11.4. The van der Waals surface area contributed by atoms with Gasteiger partial charge in [0, 0.05) is 58.5 Å². The first-order valence-corrected chi connectivity index (χ1v) is 22.8. The second-order valence-electron chi connectivity index (χ2n) is 13.1. The van der Waals surface area contributed by atoms with E-state index in [1.165, 1.54) is 0 Å². The van der Waals surface area contributed by atoms with E-state index in [9.17, 15) is 38.9 Å². The summed E-state index contributed by atoms with van der Waals surface area (Å²) in [5, 5.41) is 6.20. The van der Waals surface area contributed by atoms with Crippen LogP contribution in [-0.2, 0) is 56.0 Å². The Bertz CT molecular complexity index is 2130. The summed E-state index contributed by atoms with van der Waals surface area (Å²) in [6.07, 6.45) is 13.7. The summed E-state index contributed by atoms with van der Waals surface area (Å²) >= 11 is 0. The first-order chi connectivity index (χ1) is 25.5. The Labute approximate surface area is 410 Å². The molecule has 1 aromatic carbocycles. The van der Waals surface area contributed by atoms with E-state index in [-0.39, 0.29) is 121 Å². The summed E-state index contributed by atoms with van der Waals surface area (Å²) in [5.41, 5.74) is 3.05. The van der Waals surface area contributed by atoms with Crippen molar-refractivity contribution in [1.82, 2.24) is 5.01 Å². The van der Waals surface area contributed by atoms with E-state index in [4.69, 9.17) is 22.2 Å². The minimum Gasteiger partial charge on any atom is -0.748 e. The summed E-state index contributed by atoms with van der Waals surface area (Å²) in [6.45, 7) is 8.76. The molecule has 2 aliphatic rings. The van der Waals surface area contributed by atoms with Crippen molar-refractivity contribution in [2.24, 2.45) is 10.5 Å². The average Bonchev–Trinajstić information content (AvgIpc) is 3.41. The van der Waals surface area contributed by atoms with Crippen molar-refractivity contribution in [2.45, 2.75) is 84.5 Å². The molecule has 0 fully saturated rings. The molecule has 0 amide bonds. The summed E-state index contributed by atoms with van der Waals surface area (Å²) in [7, 11) is -16.3. The SMILES string of the molecule is CCCCC[N+]1=C(/C=C/C=C/C=C2\N(CCCS(=O)(=O)[O-])N=C(C)C2(C)CCCS(=O)(=O)[O-])C(C)(CCCS(=O)(=O)[O-])c2c[c-]ccc21.O=C=O.O=S(=O)=O.[Na+].[Na+].[Na+]. The molecule has 0 saturated carbocycles. The first kappa shape index (κ1) is 61.6. The standard InChI is InChI=1S/C33H49N3O9S3.CO2.3Na.O3S/c1-5-6-12-22-35-29-17-11-10-16-28(29)33(4,21-14-25-47(40,41)42)30(35)18-8-7-9-19-31-32(3,20-13-24-46(37,38)39)27(2)34-36(31)23-15-26-48(43,44)45;2-1-3;;;;1-4(2)3/h7-9,11,16-19H,5-6,12-15,20-26H2,1-4H3,(H,37,38,39)(H,40,41,42)(H,43,44,45);;;;;/q;;3*+1;/p-3. The van der Waals surface area contributed by atoms with Gasteiger partial charge in [0.25, 0.3) is 0 Å². The molecule has 3 rings (SSSR count). The number of allylic oxidation sites excluding steroid dienone is 6. The molecule has 0 bridgehead atoms. The Kier molecular flexibility index (Phi) is 30.6. The number of unbranched alkanes of at least 4 members (excludes halogenated alkanes) is 2. The van der Waals surface area contributed by atoms with Crippen molar-refractivity contribution in [2.75, 3.05) is 30.3 Å². The van der Waals surface area contributed by atoms with E-state index in [0.29, 0.717) is 24.3 Å². The van der Waals surface area contributed by atoms with Gasteiger partial charge in [-0.15, -0.1) is 18.7 Å². The number of hydrogen-bond donors (Lipinski definition) is 0. The van der Waals surface area contributed by atoms with Gasteiger partial charge < -0.3 is 13.7 Å². The van der Waals surface area contributed by atoms with Crippen LogP contribution in [0.1, 0.15) is 84.6 Å². The van der Waals surface area contributed by atoms with E-state index in [1.54, 1.807) is 18.0 Å². The zero-order valence-corrected chi connectivity index (χ0v) is 43.3. The van der Waals surface area contributed by atoms with Gasteiger partial charge in [0.15, 0.2) is 5.71 Å². The van der Waals surface area contributed by atoms with Crippen LogP contribution >= 0.6 is 0 Å². The number of benzene rings is 1.